The third-order valence-corrected chi connectivity index (χ3v) is 2.39. The quantitative estimate of drug-likeness (QED) is 0.770. The van der Waals surface area contributed by atoms with Gasteiger partial charge < -0.3 is 5.11 Å². The van der Waals surface area contributed by atoms with Crippen molar-refractivity contribution >= 4 is 0 Å². The highest BCUT2D eigenvalue weighted by Crippen LogP contribution is 2.41. The van der Waals surface area contributed by atoms with Crippen LogP contribution in [0.2, 0.25) is 0 Å². The van der Waals surface area contributed by atoms with Crippen molar-refractivity contribution in [2.45, 2.75) is 11.6 Å². The largest absolute Gasteiger partial charge is 0.404 e. The second-order valence-corrected chi connectivity index (χ2v) is 3.20. The zero-order valence-electron chi connectivity index (χ0n) is 7.96. The van der Waals surface area contributed by atoms with Crippen molar-refractivity contribution < 1.29 is 18.3 Å². The van der Waals surface area contributed by atoms with Crippen LogP contribution in [0.5, 0.6) is 0 Å². The lowest BCUT2D eigenvalue weighted by Crippen LogP contribution is -2.43. The van der Waals surface area contributed by atoms with E-state index in [0.29, 0.717) is 0 Å². The summed E-state index contributed by atoms with van der Waals surface area (Å²) in [5.41, 5.74) is -2.37. The number of hydrogen-bond acceptors (Lipinski definition) is 1. The Bertz CT molecular complexity index is 331. The lowest BCUT2D eigenvalue weighted by Gasteiger charge is -2.31. The molecule has 1 N–H and O–H groups in total. The van der Waals surface area contributed by atoms with Gasteiger partial charge in [0, 0.05) is 0 Å². The number of aliphatic hydroxyl groups excluding tert-OH is 1. The second-order valence-electron chi connectivity index (χ2n) is 3.20. The zero-order chi connectivity index (χ0) is 11.5. The maximum absolute atomic E-state index is 12.8. The first-order valence-corrected chi connectivity index (χ1v) is 4.34. The van der Waals surface area contributed by atoms with Crippen LogP contribution in [0.15, 0.2) is 43.0 Å². The van der Waals surface area contributed by atoms with Crippen molar-refractivity contribution in [3.8, 4) is 0 Å². The molecule has 15 heavy (non-hydrogen) atoms. The van der Waals surface area contributed by atoms with E-state index in [9.17, 15) is 13.2 Å². The third-order valence-electron chi connectivity index (χ3n) is 2.39. The van der Waals surface area contributed by atoms with E-state index in [1.165, 1.54) is 24.3 Å². The molecule has 1 atom stereocenters. The summed E-state index contributed by atoms with van der Waals surface area (Å²) in [7, 11) is 0. The SMILES string of the molecule is C=C[C@@](CO)(c1ccccc1)C(F)(F)F. The fourth-order valence-electron chi connectivity index (χ4n) is 1.38. The van der Waals surface area contributed by atoms with Crippen LogP contribution in [0.4, 0.5) is 13.2 Å². The molecule has 82 valence electrons. The molecule has 0 aliphatic heterocycles. The monoisotopic (exact) mass is 216 g/mol. The summed E-state index contributed by atoms with van der Waals surface area (Å²) in [6.07, 6.45) is -3.81. The summed E-state index contributed by atoms with van der Waals surface area (Å²) in [5, 5.41) is 8.97. The molecule has 0 unspecified atom stereocenters. The Morgan fingerprint density at radius 1 is 1.20 bits per heavy atom. The molecule has 0 saturated heterocycles. The molecular formula is C11H11F3O. The van der Waals surface area contributed by atoms with Gasteiger partial charge in [-0.25, -0.2) is 0 Å². The van der Waals surface area contributed by atoms with Crippen LogP contribution < -0.4 is 0 Å². The Kier molecular flexibility index (Phi) is 3.19. The number of hydrogen-bond donors (Lipinski definition) is 1. The maximum Gasteiger partial charge on any atom is 0.404 e. The van der Waals surface area contributed by atoms with E-state index >= 15 is 0 Å². The Balaban J connectivity index is 3.30. The van der Waals surface area contributed by atoms with Gasteiger partial charge in [0.15, 0.2) is 0 Å². The Hall–Kier alpha value is -1.29. The molecule has 0 aromatic heterocycles. The fourth-order valence-corrected chi connectivity index (χ4v) is 1.38. The van der Waals surface area contributed by atoms with E-state index in [1.54, 1.807) is 6.07 Å². The minimum Gasteiger partial charge on any atom is -0.395 e. The molecule has 0 aliphatic rings. The molecule has 0 bridgehead atoms. The predicted octanol–water partition coefficient (Wildman–Crippen LogP) is 2.67. The molecule has 1 aromatic carbocycles. The number of benzene rings is 1. The highest BCUT2D eigenvalue weighted by atomic mass is 19.4. The van der Waals surface area contributed by atoms with Crippen molar-refractivity contribution in [3.63, 3.8) is 0 Å². The zero-order valence-corrected chi connectivity index (χ0v) is 7.96. The third kappa shape index (κ3) is 1.90. The topological polar surface area (TPSA) is 20.2 Å². The van der Waals surface area contributed by atoms with Gasteiger partial charge in [-0.2, -0.15) is 13.2 Å². The summed E-state index contributed by atoms with van der Waals surface area (Å²) in [6, 6.07) is 7.26. The molecule has 0 spiro atoms. The molecule has 0 saturated carbocycles. The predicted molar refractivity (Wildman–Crippen MR) is 51.5 cm³/mol. The van der Waals surface area contributed by atoms with E-state index in [-0.39, 0.29) is 5.56 Å². The van der Waals surface area contributed by atoms with E-state index in [1.807, 2.05) is 0 Å². The smallest absolute Gasteiger partial charge is 0.395 e. The maximum atomic E-state index is 12.8. The summed E-state index contributed by atoms with van der Waals surface area (Å²) in [5.74, 6) is 0. The fraction of sp³-hybridized carbons (Fsp3) is 0.273. The molecule has 1 nitrogen and oxygen atoms in total. The van der Waals surface area contributed by atoms with Gasteiger partial charge in [0.25, 0.3) is 0 Å². The minimum absolute atomic E-state index is 0.00463. The molecule has 0 aliphatic carbocycles. The van der Waals surface area contributed by atoms with Gasteiger partial charge in [0.05, 0.1) is 6.61 Å². The molecule has 0 amide bonds. The average molecular weight is 216 g/mol. The first-order chi connectivity index (χ1) is 6.98. The Labute approximate surface area is 85.9 Å². The van der Waals surface area contributed by atoms with Crippen LogP contribution in [-0.2, 0) is 5.41 Å². The van der Waals surface area contributed by atoms with Gasteiger partial charge in [0.2, 0.25) is 0 Å². The lowest BCUT2D eigenvalue weighted by molar-refractivity contribution is -0.185. The number of rotatable bonds is 3. The summed E-state index contributed by atoms with van der Waals surface area (Å²) >= 11 is 0. The van der Waals surface area contributed by atoms with Crippen LogP contribution in [0.25, 0.3) is 0 Å². The van der Waals surface area contributed by atoms with E-state index in [0.717, 1.165) is 6.08 Å². The molecule has 0 heterocycles. The Morgan fingerprint density at radius 3 is 2.07 bits per heavy atom. The van der Waals surface area contributed by atoms with Crippen LogP contribution in [0.1, 0.15) is 5.56 Å². The number of alkyl halides is 3. The standard InChI is InChI=1S/C11H11F3O/c1-2-10(8-15,11(12,13)14)9-6-4-3-5-7-9/h2-7,15H,1,8H2/t10-/m1/s1. The minimum atomic E-state index is -4.55. The molecular weight excluding hydrogens is 205 g/mol. The first kappa shape index (κ1) is 11.8. The van der Waals surface area contributed by atoms with Crippen LogP contribution in [-0.4, -0.2) is 17.9 Å². The lowest BCUT2D eigenvalue weighted by atomic mass is 9.80. The molecule has 1 aromatic rings. The Morgan fingerprint density at radius 2 is 1.73 bits per heavy atom. The van der Waals surface area contributed by atoms with Crippen molar-refractivity contribution in [3.05, 3.63) is 48.6 Å². The molecule has 1 rings (SSSR count). The van der Waals surface area contributed by atoms with Crippen LogP contribution in [0, 0.1) is 0 Å². The average Bonchev–Trinajstić information content (AvgIpc) is 2.20. The second kappa shape index (κ2) is 4.06. The summed E-state index contributed by atoms with van der Waals surface area (Å²) in [6.45, 7) is 2.13. The van der Waals surface area contributed by atoms with Gasteiger partial charge in [-0.3, -0.25) is 0 Å². The van der Waals surface area contributed by atoms with Gasteiger partial charge in [-0.15, -0.1) is 6.58 Å². The molecule has 0 fully saturated rings. The number of aliphatic hydroxyl groups is 1. The summed E-state index contributed by atoms with van der Waals surface area (Å²) in [4.78, 5) is 0. The van der Waals surface area contributed by atoms with E-state index in [4.69, 9.17) is 5.11 Å². The van der Waals surface area contributed by atoms with Gasteiger partial charge >= 0.3 is 6.18 Å². The summed E-state index contributed by atoms with van der Waals surface area (Å²) < 4.78 is 38.5. The van der Waals surface area contributed by atoms with E-state index in [2.05, 4.69) is 6.58 Å². The van der Waals surface area contributed by atoms with Gasteiger partial charge in [0.1, 0.15) is 5.41 Å². The van der Waals surface area contributed by atoms with Crippen molar-refractivity contribution in [1.82, 2.24) is 0 Å². The highest BCUT2D eigenvalue weighted by Gasteiger charge is 2.53. The van der Waals surface area contributed by atoms with E-state index < -0.39 is 18.2 Å². The first-order valence-electron chi connectivity index (χ1n) is 4.34. The normalized spacial score (nSPS) is 15.7. The van der Waals surface area contributed by atoms with Crippen molar-refractivity contribution in [2.24, 2.45) is 0 Å². The molecule has 0 radical (unpaired) electrons. The van der Waals surface area contributed by atoms with Gasteiger partial charge in [-0.1, -0.05) is 36.4 Å². The number of halogens is 3. The van der Waals surface area contributed by atoms with Crippen molar-refractivity contribution in [2.75, 3.05) is 6.61 Å². The highest BCUT2D eigenvalue weighted by molar-refractivity contribution is 5.32. The van der Waals surface area contributed by atoms with Crippen molar-refractivity contribution in [1.29, 1.82) is 0 Å². The molecule has 4 heteroatoms. The van der Waals surface area contributed by atoms with Gasteiger partial charge in [-0.05, 0) is 5.56 Å². The van der Waals surface area contributed by atoms with Crippen LogP contribution in [0.3, 0.4) is 0 Å². The van der Waals surface area contributed by atoms with Crippen LogP contribution >= 0.6 is 0 Å².